The molecule has 0 bridgehead atoms. The zero-order chi connectivity index (χ0) is 27.4. The van der Waals surface area contributed by atoms with Gasteiger partial charge in [0.1, 0.15) is 5.82 Å². The minimum Gasteiger partial charge on any atom is -0.481 e. The van der Waals surface area contributed by atoms with Gasteiger partial charge < -0.3 is 15.0 Å². The summed E-state index contributed by atoms with van der Waals surface area (Å²) >= 11 is 1.53. The average Bonchev–Trinajstić information content (AvgIpc) is 3.48. The second-order valence-corrected chi connectivity index (χ2v) is 11.6. The summed E-state index contributed by atoms with van der Waals surface area (Å²) < 4.78 is 44.0. The van der Waals surface area contributed by atoms with E-state index in [-0.39, 0.29) is 30.7 Å². The molecule has 0 aliphatic heterocycles. The Hall–Kier alpha value is -2.88. The molecular weight excluding hydrogens is 515 g/mol. The van der Waals surface area contributed by atoms with Gasteiger partial charge in [0.05, 0.1) is 17.0 Å². The fourth-order valence-corrected chi connectivity index (χ4v) is 6.24. The third-order valence-electron chi connectivity index (χ3n) is 7.22. The number of carboxylic acids is 1. The smallest absolute Gasteiger partial charge is 0.393 e. The van der Waals surface area contributed by atoms with E-state index in [4.69, 9.17) is 10.1 Å². The van der Waals surface area contributed by atoms with E-state index in [2.05, 4.69) is 5.32 Å². The Morgan fingerprint density at radius 2 is 1.97 bits per heavy atom. The molecule has 38 heavy (non-hydrogen) atoms. The summed E-state index contributed by atoms with van der Waals surface area (Å²) in [6.45, 7) is 4.01. The van der Waals surface area contributed by atoms with Crippen LogP contribution in [0.3, 0.4) is 0 Å². The molecule has 6 nitrogen and oxygen atoms in total. The van der Waals surface area contributed by atoms with E-state index in [0.29, 0.717) is 54.5 Å². The van der Waals surface area contributed by atoms with Crippen LogP contribution >= 0.6 is 11.3 Å². The summed E-state index contributed by atoms with van der Waals surface area (Å²) in [6, 6.07) is 7.78. The number of hydrogen-bond donors (Lipinski definition) is 2. The number of carbonyl (C=O) groups excluding carboxylic acids is 1. The summed E-state index contributed by atoms with van der Waals surface area (Å²) in [5.41, 5.74) is 1.44. The molecule has 1 aliphatic carbocycles. The zero-order valence-electron chi connectivity index (χ0n) is 21.6. The van der Waals surface area contributed by atoms with Crippen LogP contribution in [0.4, 0.5) is 13.2 Å². The molecule has 2 N–H and O–H groups in total. The molecule has 2 heterocycles. The summed E-state index contributed by atoms with van der Waals surface area (Å²) in [5, 5.41) is 14.0. The van der Waals surface area contributed by atoms with E-state index < -0.39 is 24.1 Å². The number of rotatable bonds is 10. The molecule has 1 saturated carbocycles. The van der Waals surface area contributed by atoms with Crippen molar-refractivity contribution in [1.82, 2.24) is 14.9 Å². The van der Waals surface area contributed by atoms with Crippen LogP contribution in [0.25, 0.3) is 11.0 Å². The SMILES string of the molecule is CC(C)CC(CCC(=O)O)NC(=O)c1ccc2c(c1)nc(Cc1cccs1)n2C1CCCCC1C(F)(F)F. The molecule has 3 atom stereocenters. The predicted molar refractivity (Wildman–Crippen MR) is 141 cm³/mol. The number of nitrogens with one attached hydrogen (secondary N) is 1. The van der Waals surface area contributed by atoms with Gasteiger partial charge >= 0.3 is 12.1 Å². The van der Waals surface area contributed by atoms with Crippen molar-refractivity contribution in [2.45, 2.75) is 83.5 Å². The van der Waals surface area contributed by atoms with Gasteiger partial charge in [-0.15, -0.1) is 11.3 Å². The van der Waals surface area contributed by atoms with Crippen LogP contribution in [0.15, 0.2) is 35.7 Å². The molecule has 1 amide bonds. The third kappa shape index (κ3) is 6.76. The van der Waals surface area contributed by atoms with E-state index in [0.717, 1.165) is 11.3 Å². The van der Waals surface area contributed by atoms with Crippen molar-refractivity contribution in [3.63, 3.8) is 0 Å². The molecule has 0 spiro atoms. The van der Waals surface area contributed by atoms with Crippen LogP contribution in [-0.4, -0.2) is 38.8 Å². The van der Waals surface area contributed by atoms with Gasteiger partial charge in [0.15, 0.2) is 0 Å². The fraction of sp³-hybridized carbons (Fsp3) is 0.536. The molecule has 10 heteroatoms. The maximum Gasteiger partial charge on any atom is 0.393 e. The number of thiophene rings is 1. The summed E-state index contributed by atoms with van der Waals surface area (Å²) in [5.74, 6) is -1.87. The Morgan fingerprint density at radius 1 is 1.21 bits per heavy atom. The Balaban J connectivity index is 1.68. The van der Waals surface area contributed by atoms with Gasteiger partial charge in [0.2, 0.25) is 0 Å². The van der Waals surface area contributed by atoms with Crippen molar-refractivity contribution >= 4 is 34.2 Å². The predicted octanol–water partition coefficient (Wildman–Crippen LogP) is 6.99. The first-order chi connectivity index (χ1) is 18.0. The topological polar surface area (TPSA) is 84.2 Å². The maximum atomic E-state index is 14.1. The largest absolute Gasteiger partial charge is 0.481 e. The zero-order valence-corrected chi connectivity index (χ0v) is 22.4. The molecule has 3 aromatic rings. The molecule has 1 fully saturated rings. The number of amides is 1. The summed E-state index contributed by atoms with van der Waals surface area (Å²) in [6.07, 6.45) is -1.17. The highest BCUT2D eigenvalue weighted by atomic mass is 32.1. The highest BCUT2D eigenvalue weighted by Gasteiger charge is 2.47. The minimum atomic E-state index is -4.30. The number of halogens is 3. The molecule has 206 valence electrons. The molecule has 0 saturated heterocycles. The summed E-state index contributed by atoms with van der Waals surface area (Å²) in [4.78, 5) is 29.9. The Kier molecular flexibility index (Phi) is 8.80. The maximum absolute atomic E-state index is 14.1. The number of fused-ring (bicyclic) bond motifs is 1. The molecule has 3 unspecified atom stereocenters. The van der Waals surface area contributed by atoms with Crippen LogP contribution < -0.4 is 5.32 Å². The first-order valence-electron chi connectivity index (χ1n) is 13.2. The quantitative estimate of drug-likeness (QED) is 0.285. The van der Waals surface area contributed by atoms with E-state index in [1.165, 1.54) is 11.3 Å². The number of imidazole rings is 1. The second kappa shape index (κ2) is 11.9. The lowest BCUT2D eigenvalue weighted by molar-refractivity contribution is -0.193. The highest BCUT2D eigenvalue weighted by Crippen LogP contribution is 2.45. The molecule has 1 aliphatic rings. The number of carboxylic acid groups (broad SMARTS) is 1. The molecular formula is C28H34F3N3O3S. The number of alkyl halides is 3. The third-order valence-corrected chi connectivity index (χ3v) is 8.09. The van der Waals surface area contributed by atoms with Crippen molar-refractivity contribution in [3.05, 3.63) is 52.0 Å². The van der Waals surface area contributed by atoms with Gasteiger partial charge in [-0.1, -0.05) is 32.8 Å². The Labute approximate surface area is 224 Å². The van der Waals surface area contributed by atoms with Crippen LogP contribution in [0.5, 0.6) is 0 Å². The Bertz CT molecular complexity index is 1250. The van der Waals surface area contributed by atoms with Gasteiger partial charge in [-0.25, -0.2) is 4.98 Å². The van der Waals surface area contributed by atoms with Gasteiger partial charge in [0.25, 0.3) is 5.91 Å². The van der Waals surface area contributed by atoms with Crippen molar-refractivity contribution < 1.29 is 27.9 Å². The van der Waals surface area contributed by atoms with E-state index in [1.807, 2.05) is 31.4 Å². The van der Waals surface area contributed by atoms with Crippen molar-refractivity contribution in [1.29, 1.82) is 0 Å². The van der Waals surface area contributed by atoms with Gasteiger partial charge in [0, 0.05) is 35.4 Å². The van der Waals surface area contributed by atoms with E-state index >= 15 is 0 Å². The van der Waals surface area contributed by atoms with Crippen LogP contribution in [0.1, 0.15) is 85.9 Å². The molecule has 2 aromatic heterocycles. The monoisotopic (exact) mass is 549 g/mol. The van der Waals surface area contributed by atoms with E-state index in [9.17, 15) is 22.8 Å². The first kappa shape index (κ1) is 28.1. The minimum absolute atomic E-state index is 0.0467. The second-order valence-electron chi connectivity index (χ2n) is 10.6. The standard InChI is InChI=1S/C28H34F3N3O3S/c1-17(2)14-19(10-12-26(35)36)32-27(37)18-9-11-24-22(15-18)33-25(16-20-6-5-13-38-20)34(24)23-8-4-3-7-21(23)28(29,30)31/h5-6,9,11,13,15,17,19,21,23H,3-4,7-8,10,12,14,16H2,1-2H3,(H,32,37)(H,35,36). The lowest BCUT2D eigenvalue weighted by atomic mass is 9.83. The normalized spacial score (nSPS) is 19.1. The molecule has 1 aromatic carbocycles. The number of carbonyl (C=O) groups is 2. The number of hydrogen-bond acceptors (Lipinski definition) is 4. The summed E-state index contributed by atoms with van der Waals surface area (Å²) in [7, 11) is 0. The van der Waals surface area contributed by atoms with Crippen molar-refractivity contribution in [2.24, 2.45) is 11.8 Å². The highest BCUT2D eigenvalue weighted by molar-refractivity contribution is 7.09. The van der Waals surface area contributed by atoms with Crippen molar-refractivity contribution in [2.75, 3.05) is 0 Å². The lowest BCUT2D eigenvalue weighted by Crippen LogP contribution is -2.36. The van der Waals surface area contributed by atoms with E-state index in [1.54, 1.807) is 22.8 Å². The number of aromatic nitrogens is 2. The van der Waals surface area contributed by atoms with Crippen LogP contribution in [0.2, 0.25) is 0 Å². The van der Waals surface area contributed by atoms with Gasteiger partial charge in [-0.2, -0.15) is 13.2 Å². The Morgan fingerprint density at radius 3 is 2.63 bits per heavy atom. The molecule has 0 radical (unpaired) electrons. The number of benzene rings is 1. The fourth-order valence-electron chi connectivity index (χ4n) is 5.54. The molecule has 4 rings (SSSR count). The lowest BCUT2D eigenvalue weighted by Gasteiger charge is -2.35. The van der Waals surface area contributed by atoms with Crippen LogP contribution in [-0.2, 0) is 11.2 Å². The van der Waals surface area contributed by atoms with Crippen molar-refractivity contribution in [3.8, 4) is 0 Å². The average molecular weight is 550 g/mol. The van der Waals surface area contributed by atoms with Gasteiger partial charge in [-0.3, -0.25) is 9.59 Å². The first-order valence-corrected chi connectivity index (χ1v) is 14.0. The number of aliphatic carboxylic acids is 1. The van der Waals surface area contributed by atoms with Gasteiger partial charge in [-0.05, 0) is 61.2 Å². The van der Waals surface area contributed by atoms with Crippen LogP contribution in [0, 0.1) is 11.8 Å². The number of nitrogens with zero attached hydrogens (tertiary/aromatic N) is 2.